The highest BCUT2D eigenvalue weighted by atomic mass is 16.5. The first kappa shape index (κ1) is 38.0. The van der Waals surface area contributed by atoms with Crippen LogP contribution in [0.2, 0.25) is 0 Å². The first-order chi connectivity index (χ1) is 25.8. The molecule has 0 aliphatic rings. The fourth-order valence-electron chi connectivity index (χ4n) is 6.04. The van der Waals surface area contributed by atoms with Gasteiger partial charge in [-0.25, -0.2) is 20.4 Å². The highest BCUT2D eigenvalue weighted by molar-refractivity contribution is 6.01. The van der Waals surface area contributed by atoms with E-state index in [1.807, 2.05) is 53.1 Å². The van der Waals surface area contributed by atoms with Gasteiger partial charge in [0, 0.05) is 25.1 Å². The van der Waals surface area contributed by atoms with E-state index in [2.05, 4.69) is 43.2 Å². The van der Waals surface area contributed by atoms with E-state index in [0.29, 0.717) is 42.9 Å². The van der Waals surface area contributed by atoms with Crippen molar-refractivity contribution in [2.45, 2.75) is 64.5 Å². The summed E-state index contributed by atoms with van der Waals surface area (Å²) in [7, 11) is 0. The van der Waals surface area contributed by atoms with Crippen molar-refractivity contribution in [2.24, 2.45) is 5.92 Å². The molecular formula is C38H43N9O6. The van der Waals surface area contributed by atoms with Gasteiger partial charge < -0.3 is 20.3 Å². The topological polar surface area (TPSA) is 217 Å². The maximum Gasteiger partial charge on any atom is 0.326 e. The van der Waals surface area contributed by atoms with Crippen LogP contribution >= 0.6 is 0 Å². The Bertz CT molecular complexity index is 1970. The summed E-state index contributed by atoms with van der Waals surface area (Å²) >= 11 is 0. The van der Waals surface area contributed by atoms with E-state index >= 15 is 0 Å². The van der Waals surface area contributed by atoms with E-state index in [4.69, 9.17) is 0 Å². The third-order valence-electron chi connectivity index (χ3n) is 8.88. The van der Waals surface area contributed by atoms with Gasteiger partial charge in [0.05, 0.1) is 6.20 Å². The highest BCUT2D eigenvalue weighted by Gasteiger charge is 2.30. The van der Waals surface area contributed by atoms with Gasteiger partial charge in [-0.2, -0.15) is 0 Å². The van der Waals surface area contributed by atoms with Crippen LogP contribution in [-0.4, -0.2) is 76.8 Å². The van der Waals surface area contributed by atoms with Gasteiger partial charge in [-0.1, -0.05) is 86.1 Å². The number of aliphatic carboxylic acids is 1. The highest BCUT2D eigenvalue weighted by Crippen LogP contribution is 2.31. The number of unbranched alkanes of at least 4 members (excludes halogenated alkanes) is 2. The van der Waals surface area contributed by atoms with E-state index in [-0.39, 0.29) is 25.3 Å². The zero-order valence-corrected chi connectivity index (χ0v) is 29.4. The van der Waals surface area contributed by atoms with Crippen LogP contribution in [0.3, 0.4) is 0 Å². The number of hydrogen-bond donors (Lipinski definition) is 6. The maximum absolute atomic E-state index is 13.5. The Morgan fingerprint density at radius 1 is 0.887 bits per heavy atom. The summed E-state index contributed by atoms with van der Waals surface area (Å²) in [6, 6.07) is 23.4. The molecule has 15 heteroatoms. The van der Waals surface area contributed by atoms with Crippen LogP contribution in [-0.2, 0) is 33.8 Å². The van der Waals surface area contributed by atoms with Gasteiger partial charge in [-0.05, 0) is 70.9 Å². The number of H-pyrrole nitrogens is 1. The number of nitrogens with one attached hydrogen (secondary N) is 4. The number of amides is 3. The first-order valence-corrected chi connectivity index (χ1v) is 17.5. The quantitative estimate of drug-likeness (QED) is 0.0312. The van der Waals surface area contributed by atoms with Crippen molar-refractivity contribution in [3.63, 3.8) is 0 Å². The summed E-state index contributed by atoms with van der Waals surface area (Å²) < 4.78 is 1.91. The number of carboxylic acid groups (broad SMARTS) is 1. The van der Waals surface area contributed by atoms with Crippen molar-refractivity contribution in [3.05, 3.63) is 108 Å². The molecule has 3 amide bonds. The first-order valence-electron chi connectivity index (χ1n) is 17.5. The third-order valence-corrected chi connectivity index (χ3v) is 8.88. The Morgan fingerprint density at radius 3 is 2.32 bits per heavy atom. The monoisotopic (exact) mass is 721 g/mol. The number of aromatic nitrogens is 6. The molecule has 276 valence electrons. The molecule has 0 aliphatic heterocycles. The number of hydroxylamine groups is 1. The van der Waals surface area contributed by atoms with Crippen LogP contribution in [0.5, 0.6) is 0 Å². The zero-order valence-electron chi connectivity index (χ0n) is 29.4. The number of tetrazole rings is 1. The average Bonchev–Trinajstić information content (AvgIpc) is 3.86. The predicted octanol–water partition coefficient (Wildman–Crippen LogP) is 3.95. The van der Waals surface area contributed by atoms with Crippen LogP contribution < -0.4 is 16.1 Å². The number of aryl methyl sites for hydroxylation is 1. The number of aromatic amines is 1. The summed E-state index contributed by atoms with van der Waals surface area (Å²) in [4.78, 5) is 55.3. The normalized spacial score (nSPS) is 12.1. The Labute approximate surface area is 306 Å². The van der Waals surface area contributed by atoms with Crippen molar-refractivity contribution < 1.29 is 29.5 Å². The lowest BCUT2D eigenvalue weighted by Gasteiger charge is -2.19. The molecule has 1 unspecified atom stereocenters. The number of carbonyl (C=O) groups excluding carboxylic acids is 3. The van der Waals surface area contributed by atoms with E-state index in [9.17, 15) is 29.5 Å². The molecule has 2 atom stereocenters. The van der Waals surface area contributed by atoms with Crippen LogP contribution in [0.15, 0.2) is 85.1 Å². The SMILES string of the molecule is CCCCc1ncc(C(=O)NCCCC[C@H](NC(=O)C(Cc2ccccc2)C(=O)NO)C(=O)O)n1Cc1ccc(-c2ccccc2)c(-c2nnn[nH]2)c1. The summed E-state index contributed by atoms with van der Waals surface area (Å²) in [5.74, 6) is -3.35. The Hall–Kier alpha value is -6.22. The van der Waals surface area contributed by atoms with Crippen LogP contribution in [0, 0.1) is 5.92 Å². The molecule has 6 N–H and O–H groups in total. The second-order valence-corrected chi connectivity index (χ2v) is 12.6. The molecule has 0 aliphatic carbocycles. The van der Waals surface area contributed by atoms with Gasteiger partial charge in [-0.15, -0.1) is 5.10 Å². The van der Waals surface area contributed by atoms with E-state index in [1.54, 1.807) is 36.5 Å². The number of carboxylic acids is 1. The van der Waals surface area contributed by atoms with Gasteiger partial charge in [-0.3, -0.25) is 19.6 Å². The molecule has 5 rings (SSSR count). The molecule has 0 fully saturated rings. The van der Waals surface area contributed by atoms with Crippen LogP contribution in [0.4, 0.5) is 0 Å². The molecule has 0 bridgehead atoms. The molecule has 2 heterocycles. The number of hydrogen-bond acceptors (Lipinski definition) is 9. The van der Waals surface area contributed by atoms with Crippen molar-refractivity contribution in [1.82, 2.24) is 46.3 Å². The van der Waals surface area contributed by atoms with Gasteiger partial charge >= 0.3 is 5.97 Å². The van der Waals surface area contributed by atoms with Crippen molar-refractivity contribution in [1.29, 1.82) is 0 Å². The fourth-order valence-corrected chi connectivity index (χ4v) is 6.04. The van der Waals surface area contributed by atoms with Gasteiger partial charge in [0.15, 0.2) is 5.82 Å². The molecule has 53 heavy (non-hydrogen) atoms. The number of benzene rings is 3. The molecule has 15 nitrogen and oxygen atoms in total. The summed E-state index contributed by atoms with van der Waals surface area (Å²) in [5.41, 5.74) is 6.27. The van der Waals surface area contributed by atoms with E-state index in [0.717, 1.165) is 40.9 Å². The molecule has 0 saturated carbocycles. The standard InChI is InChI=1S/C38H43N9O6/c1-2-3-17-33-40-23-32(47(33)24-26-18-19-28(27-14-8-5-9-15-27)29(22-26)34-42-45-46-43-34)37(50)39-20-11-10-16-31(38(51)52)41-35(48)30(36(49)44-53)21-25-12-6-4-7-13-25/h4-9,12-15,18-19,22-23,30-31,53H,2-3,10-11,16-17,20-21,24H2,1H3,(H,39,50)(H,41,48)(H,44,49)(H,51,52)(H,42,43,45,46)/t30?,31-/m0/s1. The van der Waals surface area contributed by atoms with Gasteiger partial charge in [0.2, 0.25) is 5.91 Å². The van der Waals surface area contributed by atoms with Crippen molar-refractivity contribution >= 4 is 23.7 Å². The number of nitrogens with zero attached hydrogens (tertiary/aromatic N) is 5. The zero-order chi connectivity index (χ0) is 37.6. The second-order valence-electron chi connectivity index (χ2n) is 12.6. The Balaban J connectivity index is 1.22. The third kappa shape index (κ3) is 10.2. The molecule has 3 aromatic carbocycles. The number of imidazole rings is 1. The van der Waals surface area contributed by atoms with Crippen molar-refractivity contribution in [3.8, 4) is 22.5 Å². The molecule has 0 radical (unpaired) electrons. The summed E-state index contributed by atoms with van der Waals surface area (Å²) in [5, 5.41) is 38.9. The minimum absolute atomic E-state index is 0.0206. The fraction of sp³-hybridized carbons (Fsp3) is 0.316. The Kier molecular flexibility index (Phi) is 13.5. The number of rotatable bonds is 19. The van der Waals surface area contributed by atoms with Crippen molar-refractivity contribution in [2.75, 3.05) is 6.54 Å². The van der Waals surface area contributed by atoms with Crippen LogP contribution in [0.1, 0.15) is 66.5 Å². The van der Waals surface area contributed by atoms with Gasteiger partial charge in [0.25, 0.3) is 11.8 Å². The minimum Gasteiger partial charge on any atom is -0.480 e. The number of carbonyl (C=O) groups is 4. The maximum atomic E-state index is 13.5. The Morgan fingerprint density at radius 2 is 1.64 bits per heavy atom. The minimum atomic E-state index is -1.33. The summed E-state index contributed by atoms with van der Waals surface area (Å²) in [6.45, 7) is 2.73. The molecule has 2 aromatic heterocycles. The lowest BCUT2D eigenvalue weighted by Crippen LogP contribution is -2.48. The second kappa shape index (κ2) is 18.9. The molecule has 0 saturated heterocycles. The van der Waals surface area contributed by atoms with Crippen LogP contribution in [0.25, 0.3) is 22.5 Å². The van der Waals surface area contributed by atoms with E-state index < -0.39 is 29.7 Å². The molecule has 0 spiro atoms. The van der Waals surface area contributed by atoms with E-state index in [1.165, 1.54) is 5.48 Å². The lowest BCUT2D eigenvalue weighted by atomic mass is 9.97. The smallest absolute Gasteiger partial charge is 0.326 e. The predicted molar refractivity (Wildman–Crippen MR) is 194 cm³/mol. The lowest BCUT2D eigenvalue weighted by molar-refractivity contribution is -0.146. The largest absolute Gasteiger partial charge is 0.480 e. The average molecular weight is 722 g/mol. The van der Waals surface area contributed by atoms with Gasteiger partial charge in [0.1, 0.15) is 23.5 Å². The molecular weight excluding hydrogens is 678 g/mol. The molecule has 5 aromatic rings. The summed E-state index contributed by atoms with van der Waals surface area (Å²) in [6.07, 6.45) is 4.97.